The van der Waals surface area contributed by atoms with E-state index in [-0.39, 0.29) is 0 Å². The van der Waals surface area contributed by atoms with Crippen LogP contribution in [0.3, 0.4) is 0 Å². The lowest BCUT2D eigenvalue weighted by Crippen LogP contribution is -2.14. The lowest BCUT2D eigenvalue weighted by Gasteiger charge is -2.31. The van der Waals surface area contributed by atoms with Crippen LogP contribution in [0.15, 0.2) is 506 Å². The lowest BCUT2D eigenvalue weighted by atomic mass is 9.95. The highest BCUT2D eigenvalue weighted by Gasteiger charge is 2.29. The third kappa shape index (κ3) is 14.3. The van der Waals surface area contributed by atoms with Crippen LogP contribution >= 0.6 is 11.6 Å². The fourth-order valence-corrected chi connectivity index (χ4v) is 20.2. The molecule has 22 aromatic carbocycles. The number of anilines is 11. The van der Waals surface area contributed by atoms with Crippen LogP contribution in [0.4, 0.5) is 62.6 Å². The van der Waals surface area contributed by atoms with Crippen LogP contribution in [-0.2, 0) is 0 Å². The van der Waals surface area contributed by atoms with E-state index in [1.165, 1.54) is 53.9 Å². The van der Waals surface area contributed by atoms with Crippen molar-refractivity contribution in [2.24, 2.45) is 0 Å². The minimum Gasteiger partial charge on any atom is -0.454 e. The molecule has 0 unspecified atom stereocenters. The highest BCUT2D eigenvalue weighted by Crippen LogP contribution is 2.53. The van der Waals surface area contributed by atoms with E-state index in [2.05, 4.69) is 484 Å². The summed E-state index contributed by atoms with van der Waals surface area (Å²) < 4.78 is 18.6. The summed E-state index contributed by atoms with van der Waals surface area (Å²) >= 11 is 7.01. The first-order chi connectivity index (χ1) is 65.9. The first-order valence-corrected chi connectivity index (χ1v) is 45.4. The van der Waals surface area contributed by atoms with Gasteiger partial charge in [-0.2, -0.15) is 0 Å². The van der Waals surface area contributed by atoms with Crippen LogP contribution < -0.4 is 20.0 Å². The number of aromatic nitrogens is 2. The standard InChI is InChI=1S/C62H41N3O.C42H27ClN2O.C20H15N/c1-5-21-44(22-6-1)63(45-23-7-2-8-24-45)48-38-43(39-49(40-48)64(46-25-9-3-10-26-46)57-34-19-32-51-50-29-14-13-20-42(50)36-37-53(51)57)55-41-56-52-30-15-17-33-58(52)65(47-27-11-4-12-28-47)61(56)62-60(55)54-31-16-18-35-59(54)66-62;43-29-24-28(25-33(26-29)44(30-14-4-1-5-15-30)31-16-6-2-7-17-31)36-27-37-34-20-10-12-22-38(34)45(32-18-8-3-9-19-32)41(37)42-40(36)35-21-11-13-23-39(35)46-42;1-2-8-16(9-3-1)21-20-12-6-11-18-17-10-5-4-7-15(17)13-14-19(18)20/h1-41H;1-27H;1-14,21H. The molecule has 8 nitrogen and oxygen atoms in total. The van der Waals surface area contributed by atoms with Gasteiger partial charge in [0.2, 0.25) is 0 Å². The zero-order valence-electron chi connectivity index (χ0n) is 72.3. The summed E-state index contributed by atoms with van der Waals surface area (Å²) in [5.41, 5.74) is 25.9. The fourth-order valence-electron chi connectivity index (χ4n) is 19.9. The second-order valence-electron chi connectivity index (χ2n) is 33.6. The molecule has 133 heavy (non-hydrogen) atoms. The minimum absolute atomic E-state index is 0.664. The van der Waals surface area contributed by atoms with Crippen LogP contribution in [0.1, 0.15) is 0 Å². The Hall–Kier alpha value is -17.4. The van der Waals surface area contributed by atoms with E-state index >= 15 is 0 Å². The van der Waals surface area contributed by atoms with Crippen molar-refractivity contribution >= 4 is 205 Å². The number of hydrogen-bond donors (Lipinski definition) is 1. The smallest absolute Gasteiger partial charge is 0.160 e. The average Bonchev–Trinajstić information content (AvgIpc) is 1.56. The molecule has 628 valence electrons. The number of halogens is 1. The van der Waals surface area contributed by atoms with Gasteiger partial charge >= 0.3 is 0 Å². The number of nitrogens with zero attached hydrogens (tertiary/aromatic N) is 5. The Balaban J connectivity index is 0.000000125. The maximum atomic E-state index is 7.09. The molecule has 0 aliphatic heterocycles. The second-order valence-corrected chi connectivity index (χ2v) is 34.0. The molecule has 9 heteroatoms. The van der Waals surface area contributed by atoms with Crippen LogP contribution in [0.25, 0.3) is 164 Å². The van der Waals surface area contributed by atoms with Gasteiger partial charge < -0.3 is 38.0 Å². The van der Waals surface area contributed by atoms with Crippen LogP contribution in [0.5, 0.6) is 0 Å². The fraction of sp³-hybridized carbons (Fsp3) is 0. The van der Waals surface area contributed by atoms with Gasteiger partial charge in [0.1, 0.15) is 11.2 Å². The summed E-state index contributed by atoms with van der Waals surface area (Å²) in [6.45, 7) is 0. The van der Waals surface area contributed by atoms with E-state index in [1.807, 2.05) is 42.5 Å². The molecule has 0 aliphatic rings. The molecule has 0 saturated heterocycles. The van der Waals surface area contributed by atoms with Crippen molar-refractivity contribution in [3.05, 3.63) is 502 Å². The van der Waals surface area contributed by atoms with Gasteiger partial charge in [-0.25, -0.2) is 0 Å². The molecule has 0 saturated carbocycles. The Bertz CT molecular complexity index is 8790. The molecule has 4 heterocycles. The molecule has 0 spiro atoms. The second kappa shape index (κ2) is 34.0. The summed E-state index contributed by atoms with van der Waals surface area (Å²) in [6, 6.07) is 176. The molecular formula is C124H83ClN6O2. The number of rotatable bonds is 15. The van der Waals surface area contributed by atoms with E-state index in [0.717, 1.165) is 173 Å². The molecular weight excluding hydrogens is 1640 g/mol. The van der Waals surface area contributed by atoms with Gasteiger partial charge in [-0.3, -0.25) is 0 Å². The highest BCUT2D eigenvalue weighted by molar-refractivity contribution is 6.32. The molecule has 0 aliphatic carbocycles. The number of para-hydroxylation sites is 12. The zero-order valence-corrected chi connectivity index (χ0v) is 73.0. The molecule has 0 radical (unpaired) electrons. The number of benzene rings is 22. The quantitative estimate of drug-likeness (QED) is 0.103. The predicted molar refractivity (Wildman–Crippen MR) is 562 cm³/mol. The van der Waals surface area contributed by atoms with Crippen LogP contribution in [0, 0.1) is 0 Å². The Labute approximate surface area is 773 Å². The van der Waals surface area contributed by atoms with E-state index in [0.29, 0.717) is 5.02 Å². The molecule has 0 atom stereocenters. The van der Waals surface area contributed by atoms with E-state index < -0.39 is 0 Å². The van der Waals surface area contributed by atoms with Gasteiger partial charge in [0.05, 0.1) is 27.8 Å². The molecule has 1 N–H and O–H groups in total. The monoisotopic (exact) mass is 1720 g/mol. The molecule has 26 rings (SSSR count). The molecule has 0 amide bonds. The van der Waals surface area contributed by atoms with E-state index in [9.17, 15) is 0 Å². The SMILES string of the molecule is Clc1cc(-c2cc3c4ccccc4n(-c4ccccc4)c3c3oc4ccccc4c23)cc(N(c2ccccc2)c2ccccc2)c1.c1ccc(N(c2ccccc2)c2cc(-c3cc4c5ccccc5n(-c5ccccc5)c4c4oc5ccccc5c34)cc(N(c3ccccc3)c3cccc4c3ccc3ccccc34)c2)cc1.c1ccc(Nc2cccc3c2ccc2ccccc23)cc1. The Kier molecular flexibility index (Phi) is 20.2. The number of nitrogens with one attached hydrogen (secondary N) is 1. The van der Waals surface area contributed by atoms with E-state index in [4.69, 9.17) is 20.4 Å². The maximum Gasteiger partial charge on any atom is 0.160 e. The van der Waals surface area contributed by atoms with Crippen molar-refractivity contribution in [1.82, 2.24) is 9.13 Å². The molecule has 4 aromatic heterocycles. The maximum absolute atomic E-state index is 7.09. The summed E-state index contributed by atoms with van der Waals surface area (Å²) in [5.74, 6) is 0. The van der Waals surface area contributed by atoms with Crippen molar-refractivity contribution in [2.45, 2.75) is 0 Å². The number of fused-ring (bicyclic) bond motifs is 20. The predicted octanol–water partition coefficient (Wildman–Crippen LogP) is 35.8. The first-order valence-electron chi connectivity index (χ1n) is 45.0. The molecule has 0 fully saturated rings. The van der Waals surface area contributed by atoms with Gasteiger partial charge in [-0.15, -0.1) is 0 Å². The summed E-state index contributed by atoms with van der Waals surface area (Å²) in [5, 5.41) is 23.0. The third-order valence-corrected chi connectivity index (χ3v) is 25.9. The van der Waals surface area contributed by atoms with Crippen molar-refractivity contribution < 1.29 is 8.83 Å². The highest BCUT2D eigenvalue weighted by atomic mass is 35.5. The molecule has 0 bridgehead atoms. The van der Waals surface area contributed by atoms with Gasteiger partial charge in [0.25, 0.3) is 0 Å². The van der Waals surface area contributed by atoms with E-state index in [1.54, 1.807) is 0 Å². The molecule has 26 aromatic rings. The Morgan fingerprint density at radius 3 is 1.04 bits per heavy atom. The number of furan rings is 2. The Morgan fingerprint density at radius 1 is 0.226 bits per heavy atom. The minimum atomic E-state index is 0.664. The average molecular weight is 1720 g/mol. The normalized spacial score (nSPS) is 11.5. The van der Waals surface area contributed by atoms with Crippen molar-refractivity contribution in [3.8, 4) is 33.6 Å². The largest absolute Gasteiger partial charge is 0.454 e. The zero-order chi connectivity index (χ0) is 88.2. The van der Waals surface area contributed by atoms with Crippen molar-refractivity contribution in [3.63, 3.8) is 0 Å². The van der Waals surface area contributed by atoms with Gasteiger partial charge in [-0.1, -0.05) is 327 Å². The lowest BCUT2D eigenvalue weighted by molar-refractivity contribution is 0.671. The van der Waals surface area contributed by atoms with Gasteiger partial charge in [-0.05, 0) is 237 Å². The summed E-state index contributed by atoms with van der Waals surface area (Å²) in [4.78, 5) is 7.06. The summed E-state index contributed by atoms with van der Waals surface area (Å²) in [7, 11) is 0. The van der Waals surface area contributed by atoms with Crippen molar-refractivity contribution in [1.29, 1.82) is 0 Å². The van der Waals surface area contributed by atoms with Gasteiger partial charge in [0, 0.05) is 127 Å². The van der Waals surface area contributed by atoms with Crippen molar-refractivity contribution in [2.75, 3.05) is 20.0 Å². The third-order valence-electron chi connectivity index (χ3n) is 25.7. The number of hydrogen-bond acceptors (Lipinski definition) is 6. The van der Waals surface area contributed by atoms with Crippen LogP contribution in [0.2, 0.25) is 5.02 Å². The van der Waals surface area contributed by atoms with Crippen LogP contribution in [-0.4, -0.2) is 9.13 Å². The summed E-state index contributed by atoms with van der Waals surface area (Å²) in [6.07, 6.45) is 0. The topological polar surface area (TPSA) is 57.9 Å². The Morgan fingerprint density at radius 2 is 0.571 bits per heavy atom. The van der Waals surface area contributed by atoms with Gasteiger partial charge in [0.15, 0.2) is 11.2 Å². The first kappa shape index (κ1) is 79.0.